The van der Waals surface area contributed by atoms with Gasteiger partial charge in [-0.15, -0.1) is 0 Å². The third kappa shape index (κ3) is 2.32. The lowest BCUT2D eigenvalue weighted by Gasteiger charge is -2.11. The van der Waals surface area contributed by atoms with Crippen molar-refractivity contribution in [2.45, 2.75) is 25.6 Å². The minimum Gasteiger partial charge on any atom is -0.231 e. The largest absolute Gasteiger partial charge is 0.280 e. The molecule has 0 unspecified atom stereocenters. The van der Waals surface area contributed by atoms with Crippen molar-refractivity contribution >= 4 is 15.9 Å². The zero-order chi connectivity index (χ0) is 13.3. The summed E-state index contributed by atoms with van der Waals surface area (Å²) in [6.07, 6.45) is -1.06. The van der Waals surface area contributed by atoms with Crippen LogP contribution in [0.5, 0.6) is 0 Å². The van der Waals surface area contributed by atoms with Gasteiger partial charge in [-0.3, -0.25) is 0 Å². The van der Waals surface area contributed by atoms with E-state index in [0.717, 1.165) is 11.1 Å². The smallest absolute Gasteiger partial charge is 0.231 e. The molecule has 0 saturated heterocycles. The van der Waals surface area contributed by atoms with E-state index < -0.39 is 6.43 Å². The minimum atomic E-state index is -2.54. The van der Waals surface area contributed by atoms with E-state index in [4.69, 9.17) is 0 Å². The van der Waals surface area contributed by atoms with Gasteiger partial charge in [0.25, 0.3) is 6.43 Å². The third-order valence-corrected chi connectivity index (χ3v) is 3.43. The number of hydrogen-bond donors (Lipinski definition) is 0. The molecule has 96 valence electrons. The zero-order valence-electron chi connectivity index (χ0n) is 10.1. The fraction of sp³-hybridized carbons (Fsp3) is 0.308. The van der Waals surface area contributed by atoms with E-state index >= 15 is 0 Å². The van der Waals surface area contributed by atoms with Gasteiger partial charge in [0.05, 0.1) is 11.9 Å². The van der Waals surface area contributed by atoms with Crippen molar-refractivity contribution in [3.63, 3.8) is 0 Å². The van der Waals surface area contributed by atoms with Crippen molar-refractivity contribution in [3.8, 4) is 5.69 Å². The van der Waals surface area contributed by atoms with Gasteiger partial charge in [0, 0.05) is 10.9 Å². The maximum absolute atomic E-state index is 13.1. The van der Waals surface area contributed by atoms with Gasteiger partial charge in [-0.2, -0.15) is 5.10 Å². The van der Waals surface area contributed by atoms with Crippen LogP contribution in [0.25, 0.3) is 5.69 Å². The van der Waals surface area contributed by atoms with Gasteiger partial charge in [-0.05, 0) is 31.0 Å². The van der Waals surface area contributed by atoms with Crippen LogP contribution >= 0.6 is 15.9 Å². The molecule has 0 radical (unpaired) electrons. The number of alkyl halides is 3. The lowest BCUT2D eigenvalue weighted by Crippen LogP contribution is -2.06. The summed E-state index contributed by atoms with van der Waals surface area (Å²) >= 11 is 3.21. The molecule has 0 bridgehead atoms. The Morgan fingerprint density at radius 2 is 2.06 bits per heavy atom. The summed E-state index contributed by atoms with van der Waals surface area (Å²) in [7, 11) is 0. The number of nitrogens with zero attached hydrogens (tertiary/aromatic N) is 2. The van der Waals surface area contributed by atoms with Crippen molar-refractivity contribution in [3.05, 3.63) is 46.8 Å². The topological polar surface area (TPSA) is 17.8 Å². The molecule has 0 fully saturated rings. The van der Waals surface area contributed by atoms with Crippen LogP contribution in [0.15, 0.2) is 24.4 Å². The minimum absolute atomic E-state index is 0.0411. The molecule has 0 amide bonds. The Kier molecular flexibility index (Phi) is 3.80. The van der Waals surface area contributed by atoms with Gasteiger partial charge < -0.3 is 0 Å². The van der Waals surface area contributed by atoms with Crippen LogP contribution < -0.4 is 0 Å². The van der Waals surface area contributed by atoms with Gasteiger partial charge in [0.15, 0.2) is 0 Å². The van der Waals surface area contributed by atoms with Crippen LogP contribution in [0, 0.1) is 13.8 Å². The molecule has 2 rings (SSSR count). The highest BCUT2D eigenvalue weighted by molar-refractivity contribution is 9.08. The first-order valence-electron chi connectivity index (χ1n) is 5.53. The van der Waals surface area contributed by atoms with E-state index in [2.05, 4.69) is 21.0 Å². The Morgan fingerprint density at radius 1 is 1.33 bits per heavy atom. The summed E-state index contributed by atoms with van der Waals surface area (Å²) in [5.74, 6) is 0. The fourth-order valence-corrected chi connectivity index (χ4v) is 2.30. The number of hydrogen-bond acceptors (Lipinski definition) is 1. The molecule has 0 aliphatic heterocycles. The molecule has 0 spiro atoms. The Balaban J connectivity index is 2.63. The summed E-state index contributed by atoms with van der Waals surface area (Å²) in [4.78, 5) is 0. The molecule has 1 heterocycles. The number of aromatic nitrogens is 2. The summed E-state index contributed by atoms with van der Waals surface area (Å²) in [6.45, 7) is 3.82. The van der Waals surface area contributed by atoms with Gasteiger partial charge in [0.1, 0.15) is 5.69 Å². The van der Waals surface area contributed by atoms with Crippen molar-refractivity contribution < 1.29 is 8.78 Å². The Hall–Kier alpha value is -1.23. The highest BCUT2D eigenvalue weighted by Gasteiger charge is 2.21. The molecule has 0 saturated carbocycles. The van der Waals surface area contributed by atoms with E-state index in [1.807, 2.05) is 32.0 Å². The Morgan fingerprint density at radius 3 is 2.67 bits per heavy atom. The predicted octanol–water partition coefficient (Wildman–Crippen LogP) is 4.32. The zero-order valence-corrected chi connectivity index (χ0v) is 11.7. The molecule has 0 N–H and O–H groups in total. The van der Waals surface area contributed by atoms with Gasteiger partial charge >= 0.3 is 0 Å². The molecular weight excluding hydrogens is 302 g/mol. The average Bonchev–Trinajstić information content (AvgIpc) is 2.75. The van der Waals surface area contributed by atoms with Crippen LogP contribution in [0.1, 0.15) is 28.8 Å². The second-order valence-electron chi connectivity index (χ2n) is 4.19. The van der Waals surface area contributed by atoms with Gasteiger partial charge in [-0.1, -0.05) is 28.1 Å². The highest BCUT2D eigenvalue weighted by atomic mass is 79.9. The predicted molar refractivity (Wildman–Crippen MR) is 70.6 cm³/mol. The molecule has 2 nitrogen and oxygen atoms in total. The fourth-order valence-electron chi connectivity index (χ4n) is 1.87. The summed E-state index contributed by atoms with van der Waals surface area (Å²) in [5, 5.41) is 4.46. The van der Waals surface area contributed by atoms with E-state index in [0.29, 0.717) is 16.6 Å². The average molecular weight is 315 g/mol. The van der Waals surface area contributed by atoms with E-state index in [9.17, 15) is 8.78 Å². The van der Waals surface area contributed by atoms with Crippen LogP contribution in [-0.4, -0.2) is 9.78 Å². The van der Waals surface area contributed by atoms with E-state index in [1.165, 1.54) is 10.9 Å². The van der Waals surface area contributed by atoms with E-state index in [-0.39, 0.29) is 5.69 Å². The molecule has 5 heteroatoms. The molecule has 18 heavy (non-hydrogen) atoms. The highest BCUT2D eigenvalue weighted by Crippen LogP contribution is 2.28. The lowest BCUT2D eigenvalue weighted by molar-refractivity contribution is 0.142. The van der Waals surface area contributed by atoms with Crippen LogP contribution in [0.3, 0.4) is 0 Å². The van der Waals surface area contributed by atoms with Gasteiger partial charge in [-0.25, -0.2) is 13.5 Å². The molecule has 1 aromatic heterocycles. The maximum Gasteiger partial charge on any atom is 0.280 e. The molecule has 0 aliphatic rings. The first-order valence-corrected chi connectivity index (χ1v) is 6.65. The number of halogens is 3. The van der Waals surface area contributed by atoms with E-state index in [1.54, 1.807) is 0 Å². The summed E-state index contributed by atoms with van der Waals surface area (Å²) in [5.41, 5.74) is 3.13. The SMILES string of the molecule is Cc1ccc(C)c(-n2ncc(CBr)c2C(F)F)c1. The molecule has 0 aliphatic carbocycles. The van der Waals surface area contributed by atoms with Crippen molar-refractivity contribution in [2.75, 3.05) is 0 Å². The molecule has 2 aromatic rings. The first kappa shape index (κ1) is 13.2. The first-order chi connectivity index (χ1) is 8.54. The summed E-state index contributed by atoms with van der Waals surface area (Å²) in [6, 6.07) is 5.73. The second kappa shape index (κ2) is 5.18. The monoisotopic (exact) mass is 314 g/mol. The Labute approximate surface area is 113 Å². The normalized spacial score (nSPS) is 11.2. The quantitative estimate of drug-likeness (QED) is 0.771. The molecule has 1 aromatic carbocycles. The van der Waals surface area contributed by atoms with Gasteiger partial charge in [0.2, 0.25) is 0 Å². The maximum atomic E-state index is 13.1. The lowest BCUT2D eigenvalue weighted by atomic mass is 10.1. The standard InChI is InChI=1S/C13H13BrF2N2/c1-8-3-4-9(2)11(5-8)18-12(13(15)16)10(6-14)7-17-18/h3-5,7,13H,6H2,1-2H3. The number of benzene rings is 1. The van der Waals surface area contributed by atoms with Crippen molar-refractivity contribution in [1.29, 1.82) is 0 Å². The van der Waals surface area contributed by atoms with Crippen molar-refractivity contribution in [2.24, 2.45) is 0 Å². The van der Waals surface area contributed by atoms with Crippen LogP contribution in [0.2, 0.25) is 0 Å². The van der Waals surface area contributed by atoms with Crippen molar-refractivity contribution in [1.82, 2.24) is 9.78 Å². The third-order valence-electron chi connectivity index (χ3n) is 2.83. The van der Waals surface area contributed by atoms with Crippen LogP contribution in [-0.2, 0) is 5.33 Å². The Bertz CT molecular complexity index is 564. The molecule has 0 atom stereocenters. The van der Waals surface area contributed by atoms with Crippen LogP contribution in [0.4, 0.5) is 8.78 Å². The molecular formula is C13H13BrF2N2. The second-order valence-corrected chi connectivity index (χ2v) is 4.75. The summed E-state index contributed by atoms with van der Waals surface area (Å²) < 4.78 is 27.6. The number of rotatable bonds is 3. The number of aryl methyl sites for hydroxylation is 2.